The number of carbonyl (C=O) groups excluding carboxylic acids is 2. The van der Waals surface area contributed by atoms with Crippen molar-refractivity contribution < 1.29 is 14.3 Å². The summed E-state index contributed by atoms with van der Waals surface area (Å²) < 4.78 is 5.43. The fourth-order valence-electron chi connectivity index (χ4n) is 3.32. The van der Waals surface area contributed by atoms with E-state index in [-0.39, 0.29) is 22.3 Å². The minimum atomic E-state index is -0.306. The van der Waals surface area contributed by atoms with Crippen LogP contribution in [-0.2, 0) is 12.0 Å². The first kappa shape index (κ1) is 25.9. The van der Waals surface area contributed by atoms with Crippen molar-refractivity contribution in [2.75, 3.05) is 17.7 Å². The number of hydrogen-bond donors (Lipinski definition) is 4. The Morgan fingerprint density at radius 2 is 1.49 bits per heavy atom. The number of rotatable bonds is 6. The second-order valence-corrected chi connectivity index (χ2v) is 9.41. The molecule has 0 unspecified atom stereocenters. The minimum Gasteiger partial charge on any atom is -0.494 e. The molecule has 0 aromatic heterocycles. The molecule has 3 rings (SSSR count). The number of benzene rings is 3. The van der Waals surface area contributed by atoms with E-state index in [9.17, 15) is 9.59 Å². The van der Waals surface area contributed by atoms with Gasteiger partial charge in [-0.15, -0.1) is 0 Å². The van der Waals surface area contributed by atoms with Crippen molar-refractivity contribution in [1.29, 1.82) is 0 Å². The molecule has 5 N–H and O–H groups in total. The van der Waals surface area contributed by atoms with Gasteiger partial charge in [-0.25, -0.2) is 0 Å². The van der Waals surface area contributed by atoms with E-state index < -0.39 is 0 Å². The van der Waals surface area contributed by atoms with Gasteiger partial charge in [0.15, 0.2) is 5.11 Å². The summed E-state index contributed by atoms with van der Waals surface area (Å²) in [6.45, 7) is 6.76. The van der Waals surface area contributed by atoms with Gasteiger partial charge >= 0.3 is 0 Å². The van der Waals surface area contributed by atoms with Crippen molar-refractivity contribution in [3.05, 3.63) is 89.0 Å². The van der Waals surface area contributed by atoms with E-state index in [0.29, 0.717) is 34.8 Å². The van der Waals surface area contributed by atoms with Crippen LogP contribution in [0.25, 0.3) is 0 Å². The Kier molecular flexibility index (Phi) is 8.22. The standard InChI is InChI=1S/C27H30N4O3S/c1-27(2,3)20-11-9-19(10-12-20)25(33)31-26(35)29-21-13-14-22(23(15-21)34-4)30-24(32)18-7-5-17(16-28)6-8-18/h5-15H,16,28H2,1-4H3,(H,30,32)(H2,29,31,33,35). The highest BCUT2D eigenvalue weighted by molar-refractivity contribution is 7.80. The first-order valence-corrected chi connectivity index (χ1v) is 11.5. The molecule has 182 valence electrons. The van der Waals surface area contributed by atoms with E-state index in [1.54, 1.807) is 42.5 Å². The van der Waals surface area contributed by atoms with Gasteiger partial charge in [0.05, 0.1) is 12.8 Å². The largest absolute Gasteiger partial charge is 0.494 e. The SMILES string of the molecule is COc1cc(NC(=S)NC(=O)c2ccc(C(C)(C)C)cc2)ccc1NC(=O)c1ccc(CN)cc1. The maximum Gasteiger partial charge on any atom is 0.257 e. The number of nitrogens with two attached hydrogens (primary N) is 1. The average Bonchev–Trinajstić information content (AvgIpc) is 2.84. The van der Waals surface area contributed by atoms with E-state index in [4.69, 9.17) is 22.7 Å². The highest BCUT2D eigenvalue weighted by Gasteiger charge is 2.15. The molecule has 3 aromatic rings. The van der Waals surface area contributed by atoms with Crippen molar-refractivity contribution in [3.8, 4) is 5.75 Å². The molecule has 0 radical (unpaired) electrons. The fourth-order valence-corrected chi connectivity index (χ4v) is 3.53. The maximum atomic E-state index is 12.6. The van der Waals surface area contributed by atoms with E-state index in [1.807, 2.05) is 24.3 Å². The van der Waals surface area contributed by atoms with Crippen molar-refractivity contribution in [2.45, 2.75) is 32.7 Å². The van der Waals surface area contributed by atoms with Gasteiger partial charge in [-0.2, -0.15) is 0 Å². The van der Waals surface area contributed by atoms with Gasteiger partial charge in [-0.05, 0) is 65.2 Å². The highest BCUT2D eigenvalue weighted by atomic mass is 32.1. The van der Waals surface area contributed by atoms with Crippen LogP contribution in [0.2, 0.25) is 0 Å². The second-order valence-electron chi connectivity index (χ2n) is 9.01. The molecule has 2 amide bonds. The van der Waals surface area contributed by atoms with Crippen molar-refractivity contribution in [3.63, 3.8) is 0 Å². The van der Waals surface area contributed by atoms with Gasteiger partial charge in [0.1, 0.15) is 5.75 Å². The third-order valence-corrected chi connectivity index (χ3v) is 5.60. The molecular formula is C27H30N4O3S. The number of thiocarbonyl (C=S) groups is 1. The summed E-state index contributed by atoms with van der Waals surface area (Å²) in [4.78, 5) is 25.2. The number of anilines is 2. The molecule has 0 atom stereocenters. The monoisotopic (exact) mass is 490 g/mol. The van der Waals surface area contributed by atoms with Crippen LogP contribution in [0.5, 0.6) is 5.75 Å². The summed E-state index contributed by atoms with van der Waals surface area (Å²) in [6, 6.07) is 19.6. The fraction of sp³-hybridized carbons (Fsp3) is 0.222. The Balaban J connectivity index is 1.63. The maximum absolute atomic E-state index is 12.6. The first-order chi connectivity index (χ1) is 16.6. The van der Waals surface area contributed by atoms with Crippen LogP contribution in [0.3, 0.4) is 0 Å². The predicted molar refractivity (Wildman–Crippen MR) is 144 cm³/mol. The van der Waals surface area contributed by atoms with E-state index in [0.717, 1.165) is 11.1 Å². The number of amides is 2. The van der Waals surface area contributed by atoms with Gasteiger partial charge in [-0.3, -0.25) is 14.9 Å². The Labute approximate surface area is 211 Å². The van der Waals surface area contributed by atoms with Crippen LogP contribution < -0.4 is 26.4 Å². The zero-order chi connectivity index (χ0) is 25.6. The lowest BCUT2D eigenvalue weighted by atomic mass is 9.87. The van der Waals surface area contributed by atoms with Crippen LogP contribution in [0.1, 0.15) is 52.6 Å². The lowest BCUT2D eigenvalue weighted by Gasteiger charge is -2.19. The normalized spacial score (nSPS) is 10.9. The first-order valence-electron chi connectivity index (χ1n) is 11.1. The second kappa shape index (κ2) is 11.1. The lowest BCUT2D eigenvalue weighted by molar-refractivity contribution is 0.0976. The molecule has 8 heteroatoms. The molecule has 0 heterocycles. The van der Waals surface area contributed by atoms with Gasteiger partial charge in [0, 0.05) is 29.4 Å². The third kappa shape index (κ3) is 6.88. The Morgan fingerprint density at radius 3 is 2.06 bits per heavy atom. The molecule has 0 aliphatic heterocycles. The molecule has 0 aliphatic rings. The van der Waals surface area contributed by atoms with Crippen molar-refractivity contribution >= 4 is 40.5 Å². The van der Waals surface area contributed by atoms with Gasteiger partial charge in [0.2, 0.25) is 0 Å². The Morgan fingerprint density at radius 1 is 0.886 bits per heavy atom. The molecule has 0 spiro atoms. The predicted octanol–water partition coefficient (Wildman–Crippen LogP) is 4.83. The number of nitrogens with one attached hydrogen (secondary N) is 3. The van der Waals surface area contributed by atoms with Crippen LogP contribution >= 0.6 is 12.2 Å². The van der Waals surface area contributed by atoms with E-state index >= 15 is 0 Å². The van der Waals surface area contributed by atoms with Crippen molar-refractivity contribution in [1.82, 2.24) is 5.32 Å². The average molecular weight is 491 g/mol. The smallest absolute Gasteiger partial charge is 0.257 e. The number of ether oxygens (including phenoxy) is 1. The van der Waals surface area contributed by atoms with E-state index in [1.165, 1.54) is 7.11 Å². The topological polar surface area (TPSA) is 105 Å². The molecular weight excluding hydrogens is 460 g/mol. The Bertz CT molecular complexity index is 1220. The Hall–Kier alpha value is -3.75. The number of hydrogen-bond acceptors (Lipinski definition) is 5. The molecule has 35 heavy (non-hydrogen) atoms. The summed E-state index contributed by atoms with van der Waals surface area (Å²) in [5.41, 5.74) is 9.81. The third-order valence-electron chi connectivity index (χ3n) is 5.40. The van der Waals surface area contributed by atoms with Gasteiger partial charge in [0.25, 0.3) is 11.8 Å². The van der Waals surface area contributed by atoms with Gasteiger partial charge in [-0.1, -0.05) is 45.0 Å². The molecule has 7 nitrogen and oxygen atoms in total. The summed E-state index contributed by atoms with van der Waals surface area (Å²) >= 11 is 5.30. The summed E-state index contributed by atoms with van der Waals surface area (Å²) in [5, 5.41) is 8.64. The molecule has 0 saturated carbocycles. The number of methoxy groups -OCH3 is 1. The van der Waals surface area contributed by atoms with Crippen molar-refractivity contribution in [2.24, 2.45) is 5.73 Å². The molecule has 0 fully saturated rings. The molecule has 0 saturated heterocycles. The van der Waals surface area contributed by atoms with Crippen LogP contribution in [0, 0.1) is 0 Å². The quantitative estimate of drug-likeness (QED) is 0.369. The van der Waals surface area contributed by atoms with E-state index in [2.05, 4.69) is 36.7 Å². The highest BCUT2D eigenvalue weighted by Crippen LogP contribution is 2.28. The molecule has 3 aromatic carbocycles. The zero-order valence-corrected chi connectivity index (χ0v) is 21.1. The number of carbonyl (C=O) groups is 2. The molecule has 0 bridgehead atoms. The lowest BCUT2D eigenvalue weighted by Crippen LogP contribution is -2.34. The zero-order valence-electron chi connectivity index (χ0n) is 20.3. The summed E-state index contributed by atoms with van der Waals surface area (Å²) in [5.74, 6) is -0.138. The van der Waals surface area contributed by atoms with Gasteiger partial charge < -0.3 is 21.1 Å². The molecule has 0 aliphatic carbocycles. The van der Waals surface area contributed by atoms with Crippen LogP contribution in [0.4, 0.5) is 11.4 Å². The minimum absolute atomic E-state index is 0.00562. The summed E-state index contributed by atoms with van der Waals surface area (Å²) in [6.07, 6.45) is 0. The van der Waals surface area contributed by atoms with Crippen LogP contribution in [0.15, 0.2) is 66.7 Å². The van der Waals surface area contributed by atoms with Crippen LogP contribution in [-0.4, -0.2) is 24.0 Å². The summed E-state index contributed by atoms with van der Waals surface area (Å²) in [7, 11) is 1.51.